The van der Waals surface area contributed by atoms with E-state index in [1.165, 1.54) is 0 Å². The highest BCUT2D eigenvalue weighted by atomic mass is 16.5. The molecule has 0 radical (unpaired) electrons. The molecule has 1 aliphatic rings. The standard InChI is InChI=1S/C18H24N4O3/c1-3-13(8-9-23)19-18(24)20-15-7-4-11(2)10-14(15)17-21-16(22-25-17)12-5-6-12/h4,7,10,12-13,23H,3,5-6,8-9H2,1-2H3,(H2,19,20,24). The van der Waals surface area contributed by atoms with Gasteiger partial charge in [0.15, 0.2) is 5.82 Å². The van der Waals surface area contributed by atoms with Gasteiger partial charge in [0.05, 0.1) is 11.3 Å². The largest absolute Gasteiger partial charge is 0.396 e. The number of nitrogens with one attached hydrogen (secondary N) is 2. The normalized spacial score (nSPS) is 15.0. The van der Waals surface area contributed by atoms with Crippen LogP contribution < -0.4 is 10.6 Å². The fraction of sp³-hybridized carbons (Fsp3) is 0.500. The maximum Gasteiger partial charge on any atom is 0.319 e. The Labute approximate surface area is 146 Å². The third-order valence-corrected chi connectivity index (χ3v) is 4.34. The number of rotatable bonds is 7. The number of nitrogens with zero attached hydrogens (tertiary/aromatic N) is 2. The van der Waals surface area contributed by atoms with E-state index in [1.54, 1.807) is 0 Å². The summed E-state index contributed by atoms with van der Waals surface area (Å²) in [4.78, 5) is 16.8. The number of aliphatic hydroxyl groups is 1. The zero-order valence-electron chi connectivity index (χ0n) is 14.6. The summed E-state index contributed by atoms with van der Waals surface area (Å²) >= 11 is 0. The zero-order valence-corrected chi connectivity index (χ0v) is 14.6. The summed E-state index contributed by atoms with van der Waals surface area (Å²) in [5.74, 6) is 1.56. The van der Waals surface area contributed by atoms with Crippen molar-refractivity contribution >= 4 is 11.7 Å². The molecule has 7 heteroatoms. The number of urea groups is 1. The van der Waals surface area contributed by atoms with Crippen molar-refractivity contribution < 1.29 is 14.4 Å². The minimum atomic E-state index is -0.313. The van der Waals surface area contributed by atoms with Crippen LogP contribution in [0.15, 0.2) is 22.7 Å². The van der Waals surface area contributed by atoms with Crippen molar-refractivity contribution in [1.29, 1.82) is 0 Å². The van der Waals surface area contributed by atoms with Gasteiger partial charge in [-0.15, -0.1) is 0 Å². The number of aliphatic hydroxyl groups excluding tert-OH is 1. The zero-order chi connectivity index (χ0) is 17.8. The molecular weight excluding hydrogens is 320 g/mol. The van der Waals surface area contributed by atoms with Gasteiger partial charge in [0.25, 0.3) is 5.89 Å². The van der Waals surface area contributed by atoms with Crippen molar-refractivity contribution in [2.24, 2.45) is 0 Å². The fourth-order valence-corrected chi connectivity index (χ4v) is 2.67. The average Bonchev–Trinajstić information content (AvgIpc) is 3.33. The Bertz CT molecular complexity index is 740. The second-order valence-electron chi connectivity index (χ2n) is 6.50. The van der Waals surface area contributed by atoms with Crippen LogP contribution in [-0.4, -0.2) is 33.9 Å². The van der Waals surface area contributed by atoms with E-state index in [1.807, 2.05) is 32.0 Å². The lowest BCUT2D eigenvalue weighted by atomic mass is 10.1. The Balaban J connectivity index is 1.77. The van der Waals surface area contributed by atoms with Gasteiger partial charge in [0.1, 0.15) is 0 Å². The first-order valence-corrected chi connectivity index (χ1v) is 8.73. The van der Waals surface area contributed by atoms with Crippen LogP contribution in [-0.2, 0) is 0 Å². The monoisotopic (exact) mass is 344 g/mol. The number of hydrogen-bond acceptors (Lipinski definition) is 5. The van der Waals surface area contributed by atoms with E-state index in [4.69, 9.17) is 9.63 Å². The average molecular weight is 344 g/mol. The van der Waals surface area contributed by atoms with Gasteiger partial charge < -0.3 is 20.3 Å². The number of carbonyl (C=O) groups is 1. The minimum Gasteiger partial charge on any atom is -0.396 e. The van der Waals surface area contributed by atoms with E-state index < -0.39 is 0 Å². The second kappa shape index (κ2) is 7.65. The van der Waals surface area contributed by atoms with Crippen molar-refractivity contribution in [3.8, 4) is 11.5 Å². The topological polar surface area (TPSA) is 100 Å². The molecule has 1 unspecified atom stereocenters. The number of benzene rings is 1. The van der Waals surface area contributed by atoms with Gasteiger partial charge in [-0.05, 0) is 44.7 Å². The van der Waals surface area contributed by atoms with Gasteiger partial charge in [-0.3, -0.25) is 0 Å². The van der Waals surface area contributed by atoms with E-state index >= 15 is 0 Å². The van der Waals surface area contributed by atoms with Crippen LogP contribution in [0.4, 0.5) is 10.5 Å². The molecule has 1 heterocycles. The smallest absolute Gasteiger partial charge is 0.319 e. The highest BCUT2D eigenvalue weighted by Gasteiger charge is 2.29. The number of aromatic nitrogens is 2. The molecule has 2 aromatic rings. The summed E-state index contributed by atoms with van der Waals surface area (Å²) in [6.45, 7) is 3.98. The van der Waals surface area contributed by atoms with E-state index in [9.17, 15) is 4.79 Å². The fourth-order valence-electron chi connectivity index (χ4n) is 2.67. The maximum atomic E-state index is 12.3. The van der Waals surface area contributed by atoms with E-state index in [-0.39, 0.29) is 18.7 Å². The van der Waals surface area contributed by atoms with E-state index in [0.29, 0.717) is 29.5 Å². The number of anilines is 1. The summed E-state index contributed by atoms with van der Waals surface area (Å²) in [5, 5.41) is 18.8. The lowest BCUT2D eigenvalue weighted by Crippen LogP contribution is -2.38. The van der Waals surface area contributed by atoms with Crippen molar-refractivity contribution in [2.45, 2.75) is 51.5 Å². The highest BCUT2D eigenvalue weighted by molar-refractivity contribution is 5.93. The first-order chi connectivity index (χ1) is 12.1. The Hall–Kier alpha value is -2.41. The molecule has 25 heavy (non-hydrogen) atoms. The Morgan fingerprint density at radius 2 is 2.24 bits per heavy atom. The molecule has 1 atom stereocenters. The minimum absolute atomic E-state index is 0.0422. The molecule has 0 bridgehead atoms. The number of amides is 2. The third kappa shape index (κ3) is 4.36. The summed E-state index contributed by atoms with van der Waals surface area (Å²) in [6, 6.07) is 5.29. The van der Waals surface area contributed by atoms with Crippen LogP contribution >= 0.6 is 0 Å². The molecule has 1 fully saturated rings. The van der Waals surface area contributed by atoms with Gasteiger partial charge >= 0.3 is 6.03 Å². The number of hydrogen-bond donors (Lipinski definition) is 3. The predicted octanol–water partition coefficient (Wildman–Crippen LogP) is 3.20. The lowest BCUT2D eigenvalue weighted by molar-refractivity contribution is 0.237. The van der Waals surface area contributed by atoms with Crippen LogP contribution in [0.2, 0.25) is 0 Å². The molecule has 0 aliphatic heterocycles. The van der Waals surface area contributed by atoms with Crippen LogP contribution in [0, 0.1) is 6.92 Å². The summed E-state index contributed by atoms with van der Waals surface area (Å²) in [5.41, 5.74) is 2.37. The van der Waals surface area contributed by atoms with Crippen molar-refractivity contribution in [1.82, 2.24) is 15.5 Å². The molecule has 1 saturated carbocycles. The van der Waals surface area contributed by atoms with Gasteiger partial charge in [0.2, 0.25) is 0 Å². The van der Waals surface area contributed by atoms with Crippen LogP contribution in [0.3, 0.4) is 0 Å². The third-order valence-electron chi connectivity index (χ3n) is 4.34. The molecule has 3 rings (SSSR count). The molecular formula is C18H24N4O3. The van der Waals surface area contributed by atoms with Gasteiger partial charge in [-0.25, -0.2) is 4.79 Å². The molecule has 3 N–H and O–H groups in total. The van der Waals surface area contributed by atoms with Crippen LogP contribution in [0.1, 0.15) is 49.9 Å². The first kappa shape index (κ1) is 17.4. The van der Waals surface area contributed by atoms with Crippen molar-refractivity contribution in [2.75, 3.05) is 11.9 Å². The van der Waals surface area contributed by atoms with Gasteiger partial charge in [-0.1, -0.05) is 23.7 Å². The SMILES string of the molecule is CCC(CCO)NC(=O)Nc1ccc(C)cc1-c1nc(C2CC2)no1. The van der Waals surface area contributed by atoms with E-state index in [0.717, 1.165) is 30.7 Å². The summed E-state index contributed by atoms with van der Waals surface area (Å²) < 4.78 is 5.40. The molecule has 134 valence electrons. The van der Waals surface area contributed by atoms with Gasteiger partial charge in [0, 0.05) is 18.6 Å². The van der Waals surface area contributed by atoms with Gasteiger partial charge in [-0.2, -0.15) is 4.98 Å². The summed E-state index contributed by atoms with van der Waals surface area (Å²) in [7, 11) is 0. The summed E-state index contributed by atoms with van der Waals surface area (Å²) in [6.07, 6.45) is 3.48. The molecule has 1 aliphatic carbocycles. The van der Waals surface area contributed by atoms with Crippen LogP contribution in [0.25, 0.3) is 11.5 Å². The maximum absolute atomic E-state index is 12.3. The Morgan fingerprint density at radius 3 is 2.92 bits per heavy atom. The second-order valence-corrected chi connectivity index (χ2v) is 6.50. The number of aryl methyl sites for hydroxylation is 1. The highest BCUT2D eigenvalue weighted by Crippen LogP contribution is 2.39. The molecule has 1 aromatic heterocycles. The lowest BCUT2D eigenvalue weighted by Gasteiger charge is -2.17. The molecule has 0 spiro atoms. The quantitative estimate of drug-likeness (QED) is 0.716. The molecule has 2 amide bonds. The predicted molar refractivity (Wildman–Crippen MR) is 94.4 cm³/mol. The van der Waals surface area contributed by atoms with Crippen molar-refractivity contribution in [3.05, 3.63) is 29.6 Å². The molecule has 7 nitrogen and oxygen atoms in total. The Morgan fingerprint density at radius 1 is 1.44 bits per heavy atom. The molecule has 0 saturated heterocycles. The first-order valence-electron chi connectivity index (χ1n) is 8.73. The molecule has 1 aromatic carbocycles. The number of carbonyl (C=O) groups excluding carboxylic acids is 1. The van der Waals surface area contributed by atoms with Crippen molar-refractivity contribution in [3.63, 3.8) is 0 Å². The van der Waals surface area contributed by atoms with Crippen LogP contribution in [0.5, 0.6) is 0 Å². The Kier molecular flexibility index (Phi) is 5.33. The van der Waals surface area contributed by atoms with E-state index in [2.05, 4.69) is 20.8 Å².